The fourth-order valence-electron chi connectivity index (χ4n) is 1.89. The van der Waals surface area contributed by atoms with Crippen molar-refractivity contribution >= 4 is 21.7 Å². The molecule has 106 valence electrons. The van der Waals surface area contributed by atoms with Crippen molar-refractivity contribution in [3.8, 4) is 22.9 Å². The number of nitrogens with two attached hydrogens (primary N) is 1. The molecular weight excluding hydrogens is 322 g/mol. The predicted octanol–water partition coefficient (Wildman–Crippen LogP) is 3.16. The van der Waals surface area contributed by atoms with Gasteiger partial charge in [-0.1, -0.05) is 13.3 Å². The van der Waals surface area contributed by atoms with Crippen molar-refractivity contribution in [2.75, 3.05) is 12.8 Å². The third-order valence-electron chi connectivity index (χ3n) is 2.81. The van der Waals surface area contributed by atoms with E-state index in [1.807, 2.05) is 0 Å². The molecule has 5 nitrogen and oxygen atoms in total. The number of halogens is 1. The van der Waals surface area contributed by atoms with E-state index in [0.29, 0.717) is 21.9 Å². The Morgan fingerprint density at radius 3 is 2.70 bits per heavy atom. The maximum Gasteiger partial charge on any atom is 0.172 e. The van der Waals surface area contributed by atoms with Crippen LogP contribution in [0.5, 0.6) is 11.5 Å². The lowest BCUT2D eigenvalue weighted by molar-refractivity contribution is 0.372. The van der Waals surface area contributed by atoms with Gasteiger partial charge in [0.1, 0.15) is 5.82 Å². The van der Waals surface area contributed by atoms with Crippen LogP contribution in [0.3, 0.4) is 0 Å². The molecule has 0 fully saturated rings. The Morgan fingerprint density at radius 1 is 1.30 bits per heavy atom. The summed E-state index contributed by atoms with van der Waals surface area (Å²) in [5.41, 5.74) is 7.46. The van der Waals surface area contributed by atoms with Crippen LogP contribution in [0.2, 0.25) is 0 Å². The number of hydrogen-bond donors (Lipinski definition) is 2. The van der Waals surface area contributed by atoms with Crippen LogP contribution in [0, 0.1) is 0 Å². The maximum atomic E-state index is 9.82. The zero-order valence-electron chi connectivity index (χ0n) is 11.4. The van der Waals surface area contributed by atoms with Crippen molar-refractivity contribution in [2.24, 2.45) is 0 Å². The first-order valence-electron chi connectivity index (χ1n) is 6.25. The number of nitrogens with zero attached hydrogens (tertiary/aromatic N) is 2. The molecule has 0 radical (unpaired) electrons. The second-order valence-corrected chi connectivity index (χ2v) is 5.22. The SMILES string of the molecule is CCCc1cc(N)nc(-c2cc(Br)c(O)c(OC)c2)n1. The Bertz CT molecular complexity index is 632. The lowest BCUT2D eigenvalue weighted by atomic mass is 10.1. The number of hydrogen-bond acceptors (Lipinski definition) is 5. The number of aryl methyl sites for hydroxylation is 1. The Balaban J connectivity index is 2.53. The first kappa shape index (κ1) is 14.6. The zero-order chi connectivity index (χ0) is 14.7. The van der Waals surface area contributed by atoms with Gasteiger partial charge >= 0.3 is 0 Å². The summed E-state index contributed by atoms with van der Waals surface area (Å²) >= 11 is 3.29. The molecule has 0 saturated carbocycles. The smallest absolute Gasteiger partial charge is 0.172 e. The number of methoxy groups -OCH3 is 1. The lowest BCUT2D eigenvalue weighted by Crippen LogP contribution is -2.00. The van der Waals surface area contributed by atoms with Gasteiger partial charge in [-0.15, -0.1) is 0 Å². The minimum absolute atomic E-state index is 0.0499. The van der Waals surface area contributed by atoms with Crippen LogP contribution in [0.25, 0.3) is 11.4 Å². The Labute approximate surface area is 126 Å². The van der Waals surface area contributed by atoms with E-state index < -0.39 is 0 Å². The maximum absolute atomic E-state index is 9.82. The molecule has 20 heavy (non-hydrogen) atoms. The van der Waals surface area contributed by atoms with E-state index in [-0.39, 0.29) is 5.75 Å². The molecule has 2 rings (SSSR count). The number of phenols is 1. The van der Waals surface area contributed by atoms with E-state index in [4.69, 9.17) is 10.5 Å². The molecule has 1 aromatic carbocycles. The van der Waals surface area contributed by atoms with E-state index in [1.54, 1.807) is 18.2 Å². The number of anilines is 1. The highest BCUT2D eigenvalue weighted by Gasteiger charge is 2.12. The second-order valence-electron chi connectivity index (χ2n) is 4.37. The van der Waals surface area contributed by atoms with Crippen LogP contribution in [0.4, 0.5) is 5.82 Å². The summed E-state index contributed by atoms with van der Waals surface area (Å²) in [6.07, 6.45) is 1.83. The third-order valence-corrected chi connectivity index (χ3v) is 3.42. The first-order chi connectivity index (χ1) is 9.55. The van der Waals surface area contributed by atoms with Gasteiger partial charge in [0.05, 0.1) is 11.6 Å². The van der Waals surface area contributed by atoms with Gasteiger partial charge in [-0.2, -0.15) is 0 Å². The van der Waals surface area contributed by atoms with Gasteiger partial charge in [0.15, 0.2) is 17.3 Å². The van der Waals surface area contributed by atoms with E-state index >= 15 is 0 Å². The van der Waals surface area contributed by atoms with Crippen LogP contribution >= 0.6 is 15.9 Å². The minimum Gasteiger partial charge on any atom is -0.503 e. The van der Waals surface area contributed by atoms with E-state index in [9.17, 15) is 5.11 Å². The van der Waals surface area contributed by atoms with Crippen molar-refractivity contribution in [2.45, 2.75) is 19.8 Å². The van der Waals surface area contributed by atoms with Crippen molar-refractivity contribution in [1.82, 2.24) is 9.97 Å². The van der Waals surface area contributed by atoms with Gasteiger partial charge in [-0.05, 0) is 34.5 Å². The van der Waals surface area contributed by atoms with Gasteiger partial charge in [-0.3, -0.25) is 0 Å². The van der Waals surface area contributed by atoms with Crippen LogP contribution < -0.4 is 10.5 Å². The van der Waals surface area contributed by atoms with E-state index in [0.717, 1.165) is 24.1 Å². The molecule has 0 bridgehead atoms. The van der Waals surface area contributed by atoms with Gasteiger partial charge < -0.3 is 15.6 Å². The van der Waals surface area contributed by atoms with Crippen molar-refractivity contribution in [1.29, 1.82) is 0 Å². The van der Waals surface area contributed by atoms with Gasteiger partial charge in [0, 0.05) is 17.3 Å². The number of rotatable bonds is 4. The highest BCUT2D eigenvalue weighted by atomic mass is 79.9. The summed E-state index contributed by atoms with van der Waals surface area (Å²) in [6.45, 7) is 2.08. The minimum atomic E-state index is 0.0499. The molecule has 0 saturated heterocycles. The van der Waals surface area contributed by atoms with E-state index in [1.165, 1.54) is 7.11 Å². The topological polar surface area (TPSA) is 81.3 Å². The normalized spacial score (nSPS) is 10.6. The van der Waals surface area contributed by atoms with Crippen LogP contribution in [0.1, 0.15) is 19.0 Å². The molecule has 0 amide bonds. The molecule has 0 aliphatic heterocycles. The second kappa shape index (κ2) is 6.09. The molecule has 0 unspecified atom stereocenters. The number of aromatic nitrogens is 2. The van der Waals surface area contributed by atoms with Gasteiger partial charge in [0.2, 0.25) is 0 Å². The Morgan fingerprint density at radius 2 is 2.05 bits per heavy atom. The fourth-order valence-corrected chi connectivity index (χ4v) is 2.33. The molecule has 0 spiro atoms. The molecule has 0 atom stereocenters. The molecule has 0 aliphatic rings. The molecule has 0 aliphatic carbocycles. The van der Waals surface area contributed by atoms with Crippen LogP contribution in [-0.2, 0) is 6.42 Å². The molecule has 1 aromatic heterocycles. The van der Waals surface area contributed by atoms with Crippen LogP contribution in [0.15, 0.2) is 22.7 Å². The average Bonchev–Trinajstić information content (AvgIpc) is 2.41. The summed E-state index contributed by atoms with van der Waals surface area (Å²) in [4.78, 5) is 8.73. The largest absolute Gasteiger partial charge is 0.503 e. The average molecular weight is 338 g/mol. The first-order valence-corrected chi connectivity index (χ1v) is 7.04. The molecular formula is C14H16BrN3O2. The highest BCUT2D eigenvalue weighted by Crippen LogP contribution is 2.37. The standard InChI is InChI=1S/C14H16BrN3O2/c1-3-4-9-7-12(16)18-14(17-9)8-5-10(15)13(19)11(6-8)20-2/h5-7,19H,3-4H2,1-2H3,(H2,16,17,18). The quantitative estimate of drug-likeness (QED) is 0.895. The van der Waals surface area contributed by atoms with Crippen molar-refractivity contribution in [3.63, 3.8) is 0 Å². The summed E-state index contributed by atoms with van der Waals surface area (Å²) in [5.74, 6) is 1.36. The Kier molecular flexibility index (Phi) is 4.44. The summed E-state index contributed by atoms with van der Waals surface area (Å²) < 4.78 is 5.65. The highest BCUT2D eigenvalue weighted by molar-refractivity contribution is 9.10. The van der Waals surface area contributed by atoms with Gasteiger partial charge in [0.25, 0.3) is 0 Å². The summed E-state index contributed by atoms with van der Waals surface area (Å²) in [7, 11) is 1.49. The molecule has 6 heteroatoms. The number of aromatic hydroxyl groups is 1. The number of nitrogen functional groups attached to an aromatic ring is 1. The van der Waals surface area contributed by atoms with Crippen molar-refractivity contribution in [3.05, 3.63) is 28.4 Å². The van der Waals surface area contributed by atoms with Gasteiger partial charge in [-0.25, -0.2) is 9.97 Å². The fraction of sp³-hybridized carbons (Fsp3) is 0.286. The van der Waals surface area contributed by atoms with E-state index in [2.05, 4.69) is 32.8 Å². The lowest BCUT2D eigenvalue weighted by Gasteiger charge is -2.09. The Hall–Kier alpha value is -1.82. The molecule has 3 N–H and O–H groups in total. The monoisotopic (exact) mass is 337 g/mol. The van der Waals surface area contributed by atoms with Crippen LogP contribution in [-0.4, -0.2) is 22.2 Å². The third kappa shape index (κ3) is 3.01. The zero-order valence-corrected chi connectivity index (χ0v) is 12.9. The number of phenolic OH excluding ortho intramolecular Hbond substituents is 1. The molecule has 2 aromatic rings. The predicted molar refractivity (Wildman–Crippen MR) is 81.8 cm³/mol. The van der Waals surface area contributed by atoms with Crippen molar-refractivity contribution < 1.29 is 9.84 Å². The summed E-state index contributed by atoms with van der Waals surface area (Å²) in [6, 6.07) is 5.20. The summed E-state index contributed by atoms with van der Waals surface area (Å²) in [5, 5.41) is 9.82. The molecule has 1 heterocycles. The number of benzene rings is 1. The number of ether oxygens (including phenoxy) is 1.